The lowest BCUT2D eigenvalue weighted by molar-refractivity contribution is -0.0974. The van der Waals surface area contributed by atoms with E-state index in [-0.39, 0.29) is 18.3 Å². The number of amides is 1. The summed E-state index contributed by atoms with van der Waals surface area (Å²) in [7, 11) is 0. The van der Waals surface area contributed by atoms with Crippen LogP contribution in [-0.2, 0) is 9.47 Å². The van der Waals surface area contributed by atoms with E-state index < -0.39 is 5.60 Å². The molecule has 1 saturated heterocycles. The molecule has 0 saturated carbocycles. The van der Waals surface area contributed by atoms with Gasteiger partial charge in [-0.15, -0.1) is 0 Å². The minimum atomic E-state index is -0.470. The van der Waals surface area contributed by atoms with Crippen LogP contribution in [0.1, 0.15) is 40.5 Å². The van der Waals surface area contributed by atoms with Gasteiger partial charge in [0.05, 0.1) is 25.7 Å². The molecule has 0 spiro atoms. The summed E-state index contributed by atoms with van der Waals surface area (Å²) in [4.78, 5) is 17.7. The average molecular weight is 309 g/mol. The second-order valence-corrected chi connectivity index (χ2v) is 7.02. The SMILES string of the molecule is CCCC1CN=C=C(N)C1OC1CN(C(=O)OC(C)(C)C)C1. The number of likely N-dealkylation sites (tertiary alicyclic amines) is 1. The lowest BCUT2D eigenvalue weighted by Crippen LogP contribution is -2.57. The zero-order chi connectivity index (χ0) is 16.3. The average Bonchev–Trinajstić information content (AvgIpc) is 2.33. The minimum Gasteiger partial charge on any atom is -0.444 e. The lowest BCUT2D eigenvalue weighted by atomic mass is 9.93. The highest BCUT2D eigenvalue weighted by atomic mass is 16.6. The lowest BCUT2D eigenvalue weighted by Gasteiger charge is -2.42. The summed E-state index contributed by atoms with van der Waals surface area (Å²) in [6.07, 6.45) is 1.69. The molecular formula is C16H27N3O3. The summed E-state index contributed by atoms with van der Waals surface area (Å²) in [5.41, 5.74) is 6.09. The van der Waals surface area contributed by atoms with Crippen molar-refractivity contribution in [2.24, 2.45) is 16.6 Å². The van der Waals surface area contributed by atoms with Crippen molar-refractivity contribution in [3.05, 3.63) is 5.70 Å². The first-order chi connectivity index (χ1) is 10.3. The van der Waals surface area contributed by atoms with Gasteiger partial charge in [-0.05, 0) is 27.2 Å². The molecule has 2 unspecified atom stereocenters. The Morgan fingerprint density at radius 1 is 1.45 bits per heavy atom. The highest BCUT2D eigenvalue weighted by Crippen LogP contribution is 2.25. The molecule has 0 radical (unpaired) electrons. The monoisotopic (exact) mass is 309 g/mol. The van der Waals surface area contributed by atoms with Crippen LogP contribution in [0.2, 0.25) is 0 Å². The van der Waals surface area contributed by atoms with E-state index in [1.807, 2.05) is 20.8 Å². The number of carbonyl (C=O) groups excluding carboxylic acids is 1. The number of aliphatic imine (C=N–C) groups is 1. The first-order valence-corrected chi connectivity index (χ1v) is 7.98. The summed E-state index contributed by atoms with van der Waals surface area (Å²) in [6, 6.07) is 0. The van der Waals surface area contributed by atoms with Crippen LogP contribution in [0, 0.1) is 5.92 Å². The van der Waals surface area contributed by atoms with Crippen LogP contribution in [0.5, 0.6) is 0 Å². The zero-order valence-electron chi connectivity index (χ0n) is 14.0. The fourth-order valence-corrected chi connectivity index (χ4v) is 2.67. The van der Waals surface area contributed by atoms with Crippen LogP contribution in [0.25, 0.3) is 0 Å². The fraction of sp³-hybridized carbons (Fsp3) is 0.812. The largest absolute Gasteiger partial charge is 0.444 e. The predicted molar refractivity (Wildman–Crippen MR) is 84.9 cm³/mol. The Morgan fingerprint density at radius 2 is 2.14 bits per heavy atom. The predicted octanol–water partition coefficient (Wildman–Crippen LogP) is 1.93. The highest BCUT2D eigenvalue weighted by molar-refractivity contribution is 5.69. The Bertz CT molecular complexity index is 472. The Balaban J connectivity index is 1.83. The molecule has 0 aromatic carbocycles. The molecule has 124 valence electrons. The van der Waals surface area contributed by atoms with Crippen molar-refractivity contribution in [2.75, 3.05) is 19.6 Å². The molecule has 2 heterocycles. The Morgan fingerprint density at radius 3 is 2.73 bits per heavy atom. The van der Waals surface area contributed by atoms with Crippen molar-refractivity contribution >= 4 is 12.0 Å². The molecule has 2 aliphatic rings. The van der Waals surface area contributed by atoms with Gasteiger partial charge in [-0.1, -0.05) is 13.3 Å². The minimum absolute atomic E-state index is 0.00956. The number of hydrogen-bond acceptors (Lipinski definition) is 5. The van der Waals surface area contributed by atoms with E-state index in [1.165, 1.54) is 0 Å². The molecule has 22 heavy (non-hydrogen) atoms. The van der Waals surface area contributed by atoms with Crippen molar-refractivity contribution in [2.45, 2.75) is 58.3 Å². The second kappa shape index (κ2) is 6.71. The molecule has 0 bridgehead atoms. The summed E-state index contributed by atoms with van der Waals surface area (Å²) >= 11 is 0. The van der Waals surface area contributed by atoms with Crippen LogP contribution < -0.4 is 5.73 Å². The molecule has 0 aliphatic carbocycles. The van der Waals surface area contributed by atoms with E-state index in [1.54, 1.807) is 4.90 Å². The molecule has 2 aliphatic heterocycles. The van der Waals surface area contributed by atoms with E-state index in [9.17, 15) is 4.79 Å². The first kappa shape index (κ1) is 16.8. The molecule has 1 amide bonds. The van der Waals surface area contributed by atoms with E-state index >= 15 is 0 Å². The van der Waals surface area contributed by atoms with E-state index in [0.29, 0.717) is 31.2 Å². The van der Waals surface area contributed by atoms with Gasteiger partial charge in [0.15, 0.2) is 0 Å². The third-order valence-electron chi connectivity index (χ3n) is 3.77. The van der Waals surface area contributed by atoms with Crippen molar-refractivity contribution < 1.29 is 14.3 Å². The quantitative estimate of drug-likeness (QED) is 0.861. The summed E-state index contributed by atoms with van der Waals surface area (Å²) < 4.78 is 11.4. The summed E-state index contributed by atoms with van der Waals surface area (Å²) in [5.74, 6) is 3.14. The summed E-state index contributed by atoms with van der Waals surface area (Å²) in [5, 5.41) is 0. The van der Waals surface area contributed by atoms with Gasteiger partial charge in [0.25, 0.3) is 0 Å². The number of nitrogens with zero attached hydrogens (tertiary/aromatic N) is 2. The normalized spacial score (nSPS) is 25.6. The molecular weight excluding hydrogens is 282 g/mol. The zero-order valence-corrected chi connectivity index (χ0v) is 14.0. The van der Waals surface area contributed by atoms with Crippen LogP contribution in [0.4, 0.5) is 4.79 Å². The number of carbonyl (C=O) groups is 1. The molecule has 0 aromatic rings. The third kappa shape index (κ3) is 4.24. The maximum absolute atomic E-state index is 11.9. The van der Waals surface area contributed by atoms with E-state index in [4.69, 9.17) is 15.2 Å². The van der Waals surface area contributed by atoms with Crippen LogP contribution in [0.3, 0.4) is 0 Å². The third-order valence-corrected chi connectivity index (χ3v) is 3.77. The van der Waals surface area contributed by atoms with E-state index in [2.05, 4.69) is 17.8 Å². The smallest absolute Gasteiger partial charge is 0.410 e. The topological polar surface area (TPSA) is 77.2 Å². The van der Waals surface area contributed by atoms with Gasteiger partial charge in [-0.3, -0.25) is 0 Å². The maximum atomic E-state index is 11.9. The van der Waals surface area contributed by atoms with Gasteiger partial charge in [0, 0.05) is 11.8 Å². The maximum Gasteiger partial charge on any atom is 0.410 e. The van der Waals surface area contributed by atoms with Crippen molar-refractivity contribution in [3.63, 3.8) is 0 Å². The van der Waals surface area contributed by atoms with Crippen LogP contribution >= 0.6 is 0 Å². The first-order valence-electron chi connectivity index (χ1n) is 7.98. The van der Waals surface area contributed by atoms with Gasteiger partial charge < -0.3 is 20.1 Å². The Hall–Kier alpha value is -1.52. The number of ether oxygens (including phenoxy) is 2. The number of nitrogens with two attached hydrogens (primary N) is 1. The standard InChI is InChI=1S/C16H27N3O3/c1-5-6-11-7-18-8-13(17)14(11)21-12-9-19(10-12)15(20)22-16(2,3)4/h11-12,14H,5-7,9-10,17H2,1-4H3. The molecule has 2 atom stereocenters. The molecule has 0 aromatic heterocycles. The molecule has 1 fully saturated rings. The molecule has 6 nitrogen and oxygen atoms in total. The fourth-order valence-electron chi connectivity index (χ4n) is 2.67. The van der Waals surface area contributed by atoms with Crippen LogP contribution in [-0.4, -0.2) is 54.3 Å². The number of rotatable bonds is 4. The van der Waals surface area contributed by atoms with Gasteiger partial charge in [0.1, 0.15) is 17.4 Å². The number of hydrogen-bond donors (Lipinski definition) is 1. The summed E-state index contributed by atoms with van der Waals surface area (Å²) in [6.45, 7) is 9.54. The molecule has 6 heteroatoms. The van der Waals surface area contributed by atoms with Gasteiger partial charge in [-0.2, -0.15) is 0 Å². The van der Waals surface area contributed by atoms with Gasteiger partial charge in [-0.25, -0.2) is 9.79 Å². The second-order valence-electron chi connectivity index (χ2n) is 7.02. The van der Waals surface area contributed by atoms with Crippen LogP contribution in [0.15, 0.2) is 10.7 Å². The molecule has 2 N–H and O–H groups in total. The van der Waals surface area contributed by atoms with Crippen molar-refractivity contribution in [1.29, 1.82) is 0 Å². The Kier molecular flexibility index (Phi) is 5.14. The highest BCUT2D eigenvalue weighted by Gasteiger charge is 2.38. The Labute approximate surface area is 132 Å². The van der Waals surface area contributed by atoms with Crippen molar-refractivity contribution in [3.8, 4) is 0 Å². The van der Waals surface area contributed by atoms with Crippen molar-refractivity contribution in [1.82, 2.24) is 4.90 Å². The van der Waals surface area contributed by atoms with Gasteiger partial charge in [0.2, 0.25) is 0 Å². The molecule has 2 rings (SSSR count). The van der Waals surface area contributed by atoms with Gasteiger partial charge >= 0.3 is 6.09 Å². The van der Waals surface area contributed by atoms with E-state index in [0.717, 1.165) is 12.8 Å².